The van der Waals surface area contributed by atoms with Gasteiger partial charge in [-0.05, 0) is 19.8 Å². The summed E-state index contributed by atoms with van der Waals surface area (Å²) in [5, 5.41) is 25.1. The Balaban J connectivity index is 2.24. The van der Waals surface area contributed by atoms with Gasteiger partial charge in [-0.2, -0.15) is 0 Å². The lowest BCUT2D eigenvalue weighted by Gasteiger charge is -2.21. The molecule has 8 heteroatoms. The van der Waals surface area contributed by atoms with Gasteiger partial charge in [0.15, 0.2) is 0 Å². The van der Waals surface area contributed by atoms with Crippen molar-refractivity contribution in [2.24, 2.45) is 0 Å². The van der Waals surface area contributed by atoms with E-state index in [0.717, 1.165) is 50.7 Å². The van der Waals surface area contributed by atoms with Crippen LogP contribution in [0, 0.1) is 27.2 Å². The fourth-order valence-electron chi connectivity index (χ4n) is 3.06. The number of nitrogens with one attached hydrogen (secondary N) is 1. The quantitative estimate of drug-likeness (QED) is 0.666. The van der Waals surface area contributed by atoms with Crippen molar-refractivity contribution in [2.45, 2.75) is 57.9 Å². The fraction of sp³-hybridized carbons (Fsp3) is 0.562. The van der Waals surface area contributed by atoms with E-state index in [-0.39, 0.29) is 17.2 Å². The molecule has 1 aromatic rings. The molecule has 24 heavy (non-hydrogen) atoms. The third-order valence-electron chi connectivity index (χ3n) is 4.45. The highest BCUT2D eigenvalue weighted by Gasteiger charge is 2.26. The van der Waals surface area contributed by atoms with Gasteiger partial charge in [-0.25, -0.2) is 0 Å². The highest BCUT2D eigenvalue weighted by molar-refractivity contribution is 5.96. The molecule has 0 aromatic heterocycles. The zero-order valence-corrected chi connectivity index (χ0v) is 13.6. The second kappa shape index (κ2) is 7.85. The number of amides is 1. The first-order valence-electron chi connectivity index (χ1n) is 8.14. The Bertz CT molecular complexity index is 616. The van der Waals surface area contributed by atoms with Crippen molar-refractivity contribution >= 4 is 17.3 Å². The predicted molar refractivity (Wildman–Crippen MR) is 88.1 cm³/mol. The van der Waals surface area contributed by atoms with Gasteiger partial charge in [0.2, 0.25) is 0 Å². The minimum atomic E-state index is -0.699. The number of nitrogens with zero attached hydrogens (tertiary/aromatic N) is 2. The van der Waals surface area contributed by atoms with Crippen LogP contribution in [-0.4, -0.2) is 21.8 Å². The van der Waals surface area contributed by atoms with Crippen LogP contribution in [0.4, 0.5) is 11.4 Å². The third kappa shape index (κ3) is 4.27. The third-order valence-corrected chi connectivity index (χ3v) is 4.45. The summed E-state index contributed by atoms with van der Waals surface area (Å²) in [7, 11) is 0. The van der Waals surface area contributed by atoms with Crippen molar-refractivity contribution in [3.05, 3.63) is 43.5 Å². The molecule has 1 fully saturated rings. The summed E-state index contributed by atoms with van der Waals surface area (Å²) in [6.45, 7) is 1.31. The van der Waals surface area contributed by atoms with Crippen molar-refractivity contribution in [1.82, 2.24) is 5.32 Å². The summed E-state index contributed by atoms with van der Waals surface area (Å²) in [5.41, 5.74) is -0.910. The predicted octanol–water partition coefficient (Wildman–Crippen LogP) is 3.65. The average molecular weight is 335 g/mol. The van der Waals surface area contributed by atoms with Gasteiger partial charge in [0, 0.05) is 18.2 Å². The van der Waals surface area contributed by atoms with Crippen molar-refractivity contribution in [3.8, 4) is 0 Å². The van der Waals surface area contributed by atoms with E-state index in [4.69, 9.17) is 0 Å². The topological polar surface area (TPSA) is 115 Å². The Labute approximate surface area is 139 Å². The molecule has 8 nitrogen and oxygen atoms in total. The van der Waals surface area contributed by atoms with Gasteiger partial charge in [0.25, 0.3) is 17.3 Å². The highest BCUT2D eigenvalue weighted by Crippen LogP contribution is 2.29. The molecular formula is C16H21N3O5. The normalized spacial score (nSPS) is 16.0. The van der Waals surface area contributed by atoms with E-state index < -0.39 is 27.1 Å². The van der Waals surface area contributed by atoms with E-state index in [1.165, 1.54) is 13.3 Å². The summed E-state index contributed by atoms with van der Waals surface area (Å²) in [6.07, 6.45) is 7.25. The van der Waals surface area contributed by atoms with Crippen molar-refractivity contribution in [2.75, 3.05) is 0 Å². The molecule has 1 aliphatic rings. The number of hydrogen-bond acceptors (Lipinski definition) is 5. The number of carbonyl (C=O) groups is 1. The maximum atomic E-state index is 12.4. The minimum absolute atomic E-state index is 0.0113. The van der Waals surface area contributed by atoms with E-state index in [1.54, 1.807) is 0 Å². The number of hydrogen-bond donors (Lipinski definition) is 1. The van der Waals surface area contributed by atoms with Crippen LogP contribution in [0.3, 0.4) is 0 Å². The van der Waals surface area contributed by atoms with E-state index in [2.05, 4.69) is 5.32 Å². The number of nitro groups is 2. The Morgan fingerprint density at radius 3 is 1.92 bits per heavy atom. The van der Waals surface area contributed by atoms with Gasteiger partial charge in [0.05, 0.1) is 15.4 Å². The molecule has 0 atom stereocenters. The van der Waals surface area contributed by atoms with Gasteiger partial charge < -0.3 is 5.32 Å². The molecule has 0 heterocycles. The van der Waals surface area contributed by atoms with Gasteiger partial charge in [0.1, 0.15) is 5.56 Å². The lowest BCUT2D eigenvalue weighted by molar-refractivity contribution is -0.395. The summed E-state index contributed by atoms with van der Waals surface area (Å²) in [4.78, 5) is 33.2. The van der Waals surface area contributed by atoms with Gasteiger partial charge in [-0.15, -0.1) is 0 Å². The summed E-state index contributed by atoms with van der Waals surface area (Å²) >= 11 is 0. The Kier molecular flexibility index (Phi) is 5.83. The average Bonchev–Trinajstić information content (AvgIpc) is 2.49. The standard InChI is InChI=1S/C16H21N3O5/c1-11-14(18(21)22)9-12(10-15(11)19(23)24)16(20)17-13-7-5-3-2-4-6-8-13/h9-10,13H,2-8H2,1H3,(H,17,20). The maximum absolute atomic E-state index is 12.4. The minimum Gasteiger partial charge on any atom is -0.349 e. The van der Waals surface area contributed by atoms with Gasteiger partial charge in [-0.1, -0.05) is 32.1 Å². The molecule has 1 saturated carbocycles. The molecule has 0 bridgehead atoms. The van der Waals surface area contributed by atoms with Crippen LogP contribution in [0.1, 0.15) is 60.9 Å². The monoisotopic (exact) mass is 335 g/mol. The van der Waals surface area contributed by atoms with Crippen molar-refractivity contribution in [1.29, 1.82) is 0 Å². The van der Waals surface area contributed by atoms with E-state index >= 15 is 0 Å². The van der Waals surface area contributed by atoms with Crippen LogP contribution in [0.5, 0.6) is 0 Å². The molecule has 0 spiro atoms. The van der Waals surface area contributed by atoms with Crippen LogP contribution >= 0.6 is 0 Å². The largest absolute Gasteiger partial charge is 0.349 e. The van der Waals surface area contributed by atoms with Crippen molar-refractivity contribution in [3.63, 3.8) is 0 Å². The number of nitro benzene ring substituents is 2. The SMILES string of the molecule is Cc1c([N+](=O)[O-])cc(C(=O)NC2CCCCCCC2)cc1[N+](=O)[O-]. The second-order valence-electron chi connectivity index (χ2n) is 6.17. The molecule has 1 aromatic carbocycles. The van der Waals surface area contributed by atoms with Crippen LogP contribution in [-0.2, 0) is 0 Å². The van der Waals surface area contributed by atoms with E-state index in [1.807, 2.05) is 0 Å². The molecule has 0 saturated heterocycles. The van der Waals surface area contributed by atoms with Gasteiger partial charge in [-0.3, -0.25) is 25.0 Å². The Morgan fingerprint density at radius 1 is 1.00 bits per heavy atom. The first kappa shape index (κ1) is 17.8. The Morgan fingerprint density at radius 2 is 1.46 bits per heavy atom. The summed E-state index contributed by atoms with van der Waals surface area (Å²) < 4.78 is 0. The molecule has 130 valence electrons. The Hall–Kier alpha value is -2.51. The maximum Gasteiger partial charge on any atom is 0.279 e. The van der Waals surface area contributed by atoms with Crippen LogP contribution in [0.25, 0.3) is 0 Å². The molecule has 2 rings (SSSR count). The first-order valence-corrected chi connectivity index (χ1v) is 8.14. The van der Waals surface area contributed by atoms with Crippen LogP contribution < -0.4 is 5.32 Å². The fourth-order valence-corrected chi connectivity index (χ4v) is 3.06. The second-order valence-corrected chi connectivity index (χ2v) is 6.17. The van der Waals surface area contributed by atoms with E-state index in [0.29, 0.717) is 0 Å². The molecule has 1 N–H and O–H groups in total. The number of carbonyl (C=O) groups excluding carboxylic acids is 1. The molecule has 1 amide bonds. The van der Waals surface area contributed by atoms with Crippen LogP contribution in [0.2, 0.25) is 0 Å². The van der Waals surface area contributed by atoms with Crippen molar-refractivity contribution < 1.29 is 14.6 Å². The highest BCUT2D eigenvalue weighted by atomic mass is 16.6. The lowest BCUT2D eigenvalue weighted by atomic mass is 9.96. The summed E-state index contributed by atoms with van der Waals surface area (Å²) in [6, 6.07) is 2.23. The molecular weight excluding hydrogens is 314 g/mol. The zero-order valence-electron chi connectivity index (χ0n) is 13.6. The molecule has 1 aliphatic carbocycles. The van der Waals surface area contributed by atoms with Crippen LogP contribution in [0.15, 0.2) is 12.1 Å². The summed E-state index contributed by atoms with van der Waals surface area (Å²) in [5.74, 6) is -0.494. The number of rotatable bonds is 4. The zero-order chi connectivity index (χ0) is 17.7. The molecule has 0 unspecified atom stereocenters. The van der Waals surface area contributed by atoms with E-state index in [9.17, 15) is 25.0 Å². The molecule has 0 aliphatic heterocycles. The van der Waals surface area contributed by atoms with Gasteiger partial charge >= 0.3 is 0 Å². The smallest absolute Gasteiger partial charge is 0.279 e. The lowest BCUT2D eigenvalue weighted by Crippen LogP contribution is -2.35. The number of benzene rings is 1. The first-order chi connectivity index (χ1) is 11.4. The molecule has 0 radical (unpaired) electrons.